The van der Waals surface area contributed by atoms with Crippen molar-refractivity contribution in [3.05, 3.63) is 146 Å². The summed E-state index contributed by atoms with van der Waals surface area (Å²) in [5.41, 5.74) is 5.87. The van der Waals surface area contributed by atoms with E-state index in [1.807, 2.05) is 55.5 Å². The SMILES string of the molecule is C=C1CCC(N2C(=O)c3cccc(NCC(=O)N4CCN(C(=O)N5C(c6ccc(C(C)(C)C)cc6C)=N[C@@H](c6ccc(Cl)cc6)[C@H]5c5ccc(Cl)cc5)CC4)c3C2=O)C(=O)N1. The summed E-state index contributed by atoms with van der Waals surface area (Å²) in [4.78, 5) is 80.1. The number of hydrogen-bond acceptors (Lipinski definition) is 7. The van der Waals surface area contributed by atoms with Gasteiger partial charge in [0, 0.05) is 53.2 Å². The molecule has 314 valence electrons. The van der Waals surface area contributed by atoms with Crippen LogP contribution in [-0.4, -0.2) is 93.9 Å². The van der Waals surface area contributed by atoms with E-state index < -0.39 is 35.8 Å². The van der Waals surface area contributed by atoms with Crippen molar-refractivity contribution >= 4 is 64.4 Å². The van der Waals surface area contributed by atoms with Crippen LogP contribution in [0.1, 0.15) is 94.2 Å². The number of amidine groups is 1. The number of fused-ring (bicyclic) bond motifs is 1. The fourth-order valence-corrected chi connectivity index (χ4v) is 8.81. The molecule has 3 atom stereocenters. The van der Waals surface area contributed by atoms with Crippen molar-refractivity contribution in [1.82, 2.24) is 24.9 Å². The van der Waals surface area contributed by atoms with E-state index in [0.29, 0.717) is 33.7 Å². The summed E-state index contributed by atoms with van der Waals surface area (Å²) in [6.07, 6.45) is 0.736. The van der Waals surface area contributed by atoms with Crippen molar-refractivity contribution in [3.63, 3.8) is 0 Å². The third kappa shape index (κ3) is 8.02. The lowest BCUT2D eigenvalue weighted by Gasteiger charge is -2.39. The van der Waals surface area contributed by atoms with Crippen LogP contribution in [0.4, 0.5) is 10.5 Å². The van der Waals surface area contributed by atoms with Crippen LogP contribution in [0, 0.1) is 6.92 Å². The van der Waals surface area contributed by atoms with Crippen molar-refractivity contribution < 1.29 is 24.0 Å². The van der Waals surface area contributed by atoms with E-state index >= 15 is 4.79 Å². The minimum Gasteiger partial charge on any atom is -0.375 e. The molecular weight excluding hydrogens is 813 g/mol. The molecule has 8 rings (SSSR count). The number of hydrogen-bond donors (Lipinski definition) is 2. The molecule has 4 aliphatic heterocycles. The molecule has 61 heavy (non-hydrogen) atoms. The highest BCUT2D eigenvalue weighted by Crippen LogP contribution is 2.45. The summed E-state index contributed by atoms with van der Waals surface area (Å²) in [7, 11) is 0. The number of carbonyl (C=O) groups is 5. The summed E-state index contributed by atoms with van der Waals surface area (Å²) >= 11 is 12.7. The highest BCUT2D eigenvalue weighted by Gasteiger charge is 2.46. The molecule has 6 amide bonds. The molecule has 4 heterocycles. The number of benzene rings is 4. The number of carbonyl (C=O) groups excluding carboxylic acids is 5. The third-order valence-corrected chi connectivity index (χ3v) is 12.4. The third-order valence-electron chi connectivity index (χ3n) is 11.9. The summed E-state index contributed by atoms with van der Waals surface area (Å²) in [6, 6.07) is 24.0. The number of rotatable bonds is 7. The van der Waals surface area contributed by atoms with E-state index in [4.69, 9.17) is 28.2 Å². The fourth-order valence-electron chi connectivity index (χ4n) is 8.56. The Bertz CT molecular complexity index is 2490. The quantitative estimate of drug-likeness (QED) is 0.182. The second kappa shape index (κ2) is 16.5. The normalized spacial score (nSPS) is 20.5. The van der Waals surface area contributed by atoms with E-state index in [1.54, 1.807) is 32.9 Å². The van der Waals surface area contributed by atoms with Gasteiger partial charge in [-0.15, -0.1) is 0 Å². The van der Waals surface area contributed by atoms with Gasteiger partial charge in [-0.3, -0.25) is 34.0 Å². The van der Waals surface area contributed by atoms with Crippen LogP contribution in [-0.2, 0) is 15.0 Å². The first-order valence-corrected chi connectivity index (χ1v) is 21.2. The zero-order valence-corrected chi connectivity index (χ0v) is 36.0. The van der Waals surface area contributed by atoms with Crippen molar-refractivity contribution in [2.45, 2.75) is 64.1 Å². The van der Waals surface area contributed by atoms with Crippen molar-refractivity contribution in [2.75, 3.05) is 38.0 Å². The Hall–Kier alpha value is -5.98. The number of nitrogens with zero attached hydrogens (tertiary/aromatic N) is 5. The fraction of sp³-hybridized carbons (Fsp3) is 0.319. The van der Waals surface area contributed by atoms with E-state index in [1.165, 1.54) is 5.56 Å². The van der Waals surface area contributed by atoms with E-state index in [9.17, 15) is 19.2 Å². The van der Waals surface area contributed by atoms with Gasteiger partial charge in [-0.25, -0.2) is 4.79 Å². The largest absolute Gasteiger partial charge is 0.375 e. The first-order valence-electron chi connectivity index (χ1n) is 20.4. The maximum Gasteiger partial charge on any atom is 0.326 e. The molecule has 14 heteroatoms. The average Bonchev–Trinajstić information content (AvgIpc) is 3.75. The van der Waals surface area contributed by atoms with Gasteiger partial charge in [0.1, 0.15) is 17.9 Å². The topological polar surface area (TPSA) is 135 Å². The highest BCUT2D eigenvalue weighted by atomic mass is 35.5. The number of amides is 6. The molecule has 12 nitrogen and oxygen atoms in total. The smallest absolute Gasteiger partial charge is 0.326 e. The lowest BCUT2D eigenvalue weighted by molar-refractivity contribution is -0.130. The summed E-state index contributed by atoms with van der Waals surface area (Å²) in [5.74, 6) is -1.27. The number of anilines is 1. The molecule has 0 aromatic heterocycles. The first-order chi connectivity index (χ1) is 29.1. The van der Waals surface area contributed by atoms with Crippen LogP contribution >= 0.6 is 23.2 Å². The zero-order chi connectivity index (χ0) is 43.3. The Morgan fingerprint density at radius 2 is 1.48 bits per heavy atom. The second-order valence-electron chi connectivity index (χ2n) is 17.0. The van der Waals surface area contributed by atoms with Crippen LogP contribution in [0.15, 0.2) is 102 Å². The van der Waals surface area contributed by atoms with Crippen molar-refractivity contribution in [2.24, 2.45) is 4.99 Å². The van der Waals surface area contributed by atoms with Gasteiger partial charge >= 0.3 is 6.03 Å². The molecule has 0 bridgehead atoms. The molecule has 2 N–H and O–H groups in total. The Balaban J connectivity index is 1.01. The van der Waals surface area contributed by atoms with Crippen LogP contribution in [0.5, 0.6) is 0 Å². The highest BCUT2D eigenvalue weighted by molar-refractivity contribution is 6.31. The van der Waals surface area contributed by atoms with Gasteiger partial charge in [0.05, 0.1) is 23.7 Å². The molecular formula is C47H47Cl2N7O5. The van der Waals surface area contributed by atoms with Gasteiger partial charge in [0.25, 0.3) is 11.8 Å². The molecule has 2 fully saturated rings. The number of aryl methyl sites for hydroxylation is 1. The number of imide groups is 1. The van der Waals surface area contributed by atoms with E-state index in [-0.39, 0.29) is 67.6 Å². The van der Waals surface area contributed by atoms with Gasteiger partial charge in [-0.05, 0) is 83.8 Å². The maximum atomic E-state index is 15.0. The lowest BCUT2D eigenvalue weighted by atomic mass is 9.85. The molecule has 0 radical (unpaired) electrons. The average molecular weight is 861 g/mol. The minimum absolute atomic E-state index is 0.0793. The molecule has 2 saturated heterocycles. The molecule has 0 aliphatic carbocycles. The number of nitrogens with one attached hydrogen (secondary N) is 2. The van der Waals surface area contributed by atoms with Gasteiger partial charge in [-0.1, -0.05) is 99.1 Å². The van der Waals surface area contributed by atoms with Gasteiger partial charge in [0.2, 0.25) is 11.8 Å². The standard InChI is InChI=1S/C47H47Cl2N7O5/c1-27-25-31(47(3,4)5)14-19-34(27)42-52-40(29-10-15-32(48)16-11-29)41(30-12-17-33(49)18-13-30)56(42)46(61)54-23-21-53(22-24-54)38(57)26-50-36-8-6-7-35-39(36)45(60)55(44(35)59)37-20-9-28(2)51-43(37)58/h6-8,10-19,25,37,40-41,50H,2,9,20-24,26H2,1,3-5H3,(H,51,58)/t37?,40-,41+/m0/s1. The van der Waals surface area contributed by atoms with Crippen LogP contribution in [0.25, 0.3) is 0 Å². The Kier molecular flexibility index (Phi) is 11.3. The summed E-state index contributed by atoms with van der Waals surface area (Å²) in [5, 5.41) is 6.90. The number of halogens is 2. The number of allylic oxidation sites excluding steroid dienone is 1. The van der Waals surface area contributed by atoms with Crippen LogP contribution < -0.4 is 10.6 Å². The summed E-state index contributed by atoms with van der Waals surface area (Å²) < 4.78 is 0. The van der Waals surface area contributed by atoms with E-state index in [2.05, 4.69) is 56.2 Å². The lowest BCUT2D eigenvalue weighted by Crippen LogP contribution is -2.55. The Morgan fingerprint density at radius 3 is 2.10 bits per heavy atom. The first kappa shape index (κ1) is 41.7. The van der Waals surface area contributed by atoms with Crippen LogP contribution in [0.3, 0.4) is 0 Å². The van der Waals surface area contributed by atoms with Crippen LogP contribution in [0.2, 0.25) is 10.0 Å². The minimum atomic E-state index is -0.947. The monoisotopic (exact) mass is 859 g/mol. The summed E-state index contributed by atoms with van der Waals surface area (Å²) in [6.45, 7) is 13.3. The van der Waals surface area contributed by atoms with Gasteiger partial charge in [-0.2, -0.15) is 0 Å². The molecule has 1 unspecified atom stereocenters. The zero-order valence-electron chi connectivity index (χ0n) is 34.5. The van der Waals surface area contributed by atoms with Crippen molar-refractivity contribution in [3.8, 4) is 0 Å². The predicted octanol–water partition coefficient (Wildman–Crippen LogP) is 7.91. The molecule has 4 aromatic rings. The van der Waals surface area contributed by atoms with Gasteiger partial charge < -0.3 is 20.4 Å². The molecule has 4 aliphatic rings. The van der Waals surface area contributed by atoms with E-state index in [0.717, 1.165) is 27.2 Å². The number of piperazine rings is 1. The Labute approximate surface area is 365 Å². The Morgan fingerprint density at radius 1 is 0.836 bits per heavy atom. The van der Waals surface area contributed by atoms with Crippen molar-refractivity contribution in [1.29, 1.82) is 0 Å². The maximum absolute atomic E-state index is 15.0. The molecule has 4 aromatic carbocycles. The number of urea groups is 1. The second-order valence-corrected chi connectivity index (χ2v) is 17.8. The number of aliphatic imine (C=N–C) groups is 1. The predicted molar refractivity (Wildman–Crippen MR) is 236 cm³/mol. The number of piperidine rings is 1. The molecule has 0 saturated carbocycles. The molecule has 0 spiro atoms. The van der Waals surface area contributed by atoms with Gasteiger partial charge in [0.15, 0.2) is 0 Å².